The fourth-order valence-corrected chi connectivity index (χ4v) is 2.46. The van der Waals surface area contributed by atoms with Crippen LogP contribution in [0.5, 0.6) is 11.5 Å². The van der Waals surface area contributed by atoms with Crippen LogP contribution >= 0.6 is 11.6 Å². The van der Waals surface area contributed by atoms with Crippen molar-refractivity contribution >= 4 is 23.2 Å². The zero-order valence-electron chi connectivity index (χ0n) is 14.5. The third-order valence-electron chi connectivity index (χ3n) is 3.42. The van der Waals surface area contributed by atoms with E-state index in [4.69, 9.17) is 21.1 Å². The van der Waals surface area contributed by atoms with Gasteiger partial charge in [0, 0.05) is 11.3 Å². The highest BCUT2D eigenvalue weighted by molar-refractivity contribution is 6.32. The zero-order valence-corrected chi connectivity index (χ0v) is 15.3. The Hall–Kier alpha value is -2.24. The van der Waals surface area contributed by atoms with E-state index in [1.165, 1.54) is 7.11 Å². The first-order chi connectivity index (χ1) is 11.9. The standard InChI is InChI=1S/C19H22ClNO4/c1-12(2)11-25-18-16(20)8-14(9-17(18)24-3)19(23)21-15-6-4-5-13(7-15)10-22/h4-9,12,22H,10-11H2,1-3H3,(H,21,23). The van der Waals surface area contributed by atoms with Gasteiger partial charge in [-0.3, -0.25) is 4.79 Å². The quantitative estimate of drug-likeness (QED) is 0.776. The molecule has 0 radical (unpaired) electrons. The predicted octanol–water partition coefficient (Wildman–Crippen LogP) is 4.13. The number of carbonyl (C=O) groups is 1. The summed E-state index contributed by atoms with van der Waals surface area (Å²) in [6.45, 7) is 4.46. The largest absolute Gasteiger partial charge is 0.493 e. The Balaban J connectivity index is 2.23. The molecule has 0 bridgehead atoms. The number of aliphatic hydroxyl groups is 1. The second kappa shape index (κ2) is 8.74. The first kappa shape index (κ1) is 19.1. The number of aliphatic hydroxyl groups excluding tert-OH is 1. The van der Waals surface area contributed by atoms with Crippen molar-refractivity contribution < 1.29 is 19.4 Å². The molecule has 6 heteroatoms. The van der Waals surface area contributed by atoms with Crippen LogP contribution in [0.15, 0.2) is 36.4 Å². The van der Waals surface area contributed by atoms with E-state index in [1.807, 2.05) is 13.8 Å². The molecular weight excluding hydrogens is 342 g/mol. The van der Waals surface area contributed by atoms with Crippen molar-refractivity contribution in [2.24, 2.45) is 5.92 Å². The minimum absolute atomic E-state index is 0.0920. The van der Waals surface area contributed by atoms with E-state index in [-0.39, 0.29) is 12.5 Å². The first-order valence-corrected chi connectivity index (χ1v) is 8.34. The SMILES string of the molecule is COc1cc(C(=O)Nc2cccc(CO)c2)cc(Cl)c1OCC(C)C. The molecule has 0 spiro atoms. The Labute approximate surface area is 152 Å². The number of ether oxygens (including phenoxy) is 2. The lowest BCUT2D eigenvalue weighted by atomic mass is 10.1. The molecule has 0 heterocycles. The van der Waals surface area contributed by atoms with Gasteiger partial charge < -0.3 is 19.9 Å². The maximum Gasteiger partial charge on any atom is 0.255 e. The molecular formula is C19H22ClNO4. The minimum atomic E-state index is -0.328. The molecule has 0 aliphatic heterocycles. The van der Waals surface area contributed by atoms with Crippen LogP contribution in [0.3, 0.4) is 0 Å². The molecule has 0 fully saturated rings. The maximum absolute atomic E-state index is 12.5. The number of methoxy groups -OCH3 is 1. The molecule has 0 unspecified atom stereocenters. The van der Waals surface area contributed by atoms with Crippen molar-refractivity contribution in [3.05, 3.63) is 52.5 Å². The monoisotopic (exact) mass is 363 g/mol. The fraction of sp³-hybridized carbons (Fsp3) is 0.316. The molecule has 0 aliphatic carbocycles. The van der Waals surface area contributed by atoms with Crippen molar-refractivity contribution in [2.45, 2.75) is 20.5 Å². The molecule has 0 aromatic heterocycles. The molecule has 0 aliphatic rings. The van der Waals surface area contributed by atoms with E-state index >= 15 is 0 Å². The van der Waals surface area contributed by atoms with Crippen LogP contribution in [0.2, 0.25) is 5.02 Å². The van der Waals surface area contributed by atoms with E-state index in [0.717, 1.165) is 0 Å². The molecule has 5 nitrogen and oxygen atoms in total. The summed E-state index contributed by atoms with van der Waals surface area (Å²) in [7, 11) is 1.50. The summed E-state index contributed by atoms with van der Waals surface area (Å²) < 4.78 is 11.0. The maximum atomic E-state index is 12.5. The number of carbonyl (C=O) groups excluding carboxylic acids is 1. The van der Waals surface area contributed by atoms with E-state index < -0.39 is 0 Å². The summed E-state index contributed by atoms with van der Waals surface area (Å²) in [5.41, 5.74) is 1.66. The molecule has 25 heavy (non-hydrogen) atoms. The van der Waals surface area contributed by atoms with E-state index in [2.05, 4.69) is 5.32 Å². The summed E-state index contributed by atoms with van der Waals surface area (Å²) in [5.74, 6) is 0.840. The van der Waals surface area contributed by atoms with Gasteiger partial charge in [-0.25, -0.2) is 0 Å². The van der Waals surface area contributed by atoms with Gasteiger partial charge in [-0.2, -0.15) is 0 Å². The first-order valence-electron chi connectivity index (χ1n) is 7.96. The van der Waals surface area contributed by atoms with Gasteiger partial charge >= 0.3 is 0 Å². The Kier molecular flexibility index (Phi) is 6.67. The fourth-order valence-electron chi connectivity index (χ4n) is 2.19. The third kappa shape index (κ3) is 5.11. The van der Waals surface area contributed by atoms with Gasteiger partial charge in [0.1, 0.15) is 0 Å². The second-order valence-corrected chi connectivity index (χ2v) is 6.41. The molecule has 1 amide bonds. The molecule has 0 saturated carbocycles. The number of halogens is 1. The average Bonchev–Trinajstić information content (AvgIpc) is 2.59. The van der Waals surface area contributed by atoms with Crippen LogP contribution in [-0.2, 0) is 6.61 Å². The van der Waals surface area contributed by atoms with Crippen molar-refractivity contribution in [1.29, 1.82) is 0 Å². The lowest BCUT2D eigenvalue weighted by Crippen LogP contribution is -2.13. The molecule has 134 valence electrons. The number of hydrogen-bond donors (Lipinski definition) is 2. The van der Waals surface area contributed by atoms with E-state index in [1.54, 1.807) is 36.4 Å². The topological polar surface area (TPSA) is 67.8 Å². The van der Waals surface area contributed by atoms with Crippen LogP contribution in [0.1, 0.15) is 29.8 Å². The normalized spacial score (nSPS) is 10.6. The Bertz CT molecular complexity index is 746. The average molecular weight is 364 g/mol. The predicted molar refractivity (Wildman–Crippen MR) is 98.7 cm³/mol. The van der Waals surface area contributed by atoms with Crippen molar-refractivity contribution in [3.63, 3.8) is 0 Å². The third-order valence-corrected chi connectivity index (χ3v) is 3.70. The van der Waals surface area contributed by atoms with Crippen molar-refractivity contribution in [2.75, 3.05) is 19.0 Å². The molecule has 2 aromatic carbocycles. The van der Waals surface area contributed by atoms with Gasteiger partial charge in [-0.05, 0) is 35.7 Å². The van der Waals surface area contributed by atoms with Crippen LogP contribution < -0.4 is 14.8 Å². The summed E-state index contributed by atoms with van der Waals surface area (Å²) in [6.07, 6.45) is 0. The van der Waals surface area contributed by atoms with Gasteiger partial charge in [-0.1, -0.05) is 37.6 Å². The number of rotatable bonds is 7. The van der Waals surface area contributed by atoms with E-state index in [0.29, 0.717) is 45.9 Å². The van der Waals surface area contributed by atoms with Crippen LogP contribution in [0.4, 0.5) is 5.69 Å². The smallest absolute Gasteiger partial charge is 0.255 e. The Morgan fingerprint density at radius 3 is 2.68 bits per heavy atom. The summed E-state index contributed by atoms with van der Waals surface area (Å²) in [4.78, 5) is 12.5. The van der Waals surface area contributed by atoms with Crippen molar-refractivity contribution in [1.82, 2.24) is 0 Å². The van der Waals surface area contributed by atoms with Crippen molar-refractivity contribution in [3.8, 4) is 11.5 Å². The molecule has 2 aromatic rings. The number of anilines is 1. The number of amides is 1. The highest BCUT2D eigenvalue weighted by Crippen LogP contribution is 2.37. The summed E-state index contributed by atoms with van der Waals surface area (Å²) in [5, 5.41) is 12.3. The van der Waals surface area contributed by atoms with Gasteiger partial charge in [0.2, 0.25) is 0 Å². The van der Waals surface area contributed by atoms with Crippen LogP contribution in [0.25, 0.3) is 0 Å². The number of benzene rings is 2. The summed E-state index contributed by atoms with van der Waals surface area (Å²) >= 11 is 6.27. The summed E-state index contributed by atoms with van der Waals surface area (Å²) in [6, 6.07) is 10.1. The minimum Gasteiger partial charge on any atom is -0.493 e. The lowest BCUT2D eigenvalue weighted by Gasteiger charge is -2.15. The second-order valence-electron chi connectivity index (χ2n) is 6.01. The van der Waals surface area contributed by atoms with Crippen LogP contribution in [0, 0.1) is 5.92 Å². The molecule has 0 saturated heterocycles. The number of hydrogen-bond acceptors (Lipinski definition) is 4. The molecule has 2 N–H and O–H groups in total. The van der Waals surface area contributed by atoms with Gasteiger partial charge in [-0.15, -0.1) is 0 Å². The van der Waals surface area contributed by atoms with Gasteiger partial charge in [0.05, 0.1) is 25.3 Å². The highest BCUT2D eigenvalue weighted by Gasteiger charge is 2.16. The number of nitrogens with one attached hydrogen (secondary N) is 1. The lowest BCUT2D eigenvalue weighted by molar-refractivity contribution is 0.102. The molecule has 2 rings (SSSR count). The Morgan fingerprint density at radius 2 is 2.04 bits per heavy atom. The zero-order chi connectivity index (χ0) is 18.4. The van der Waals surface area contributed by atoms with Gasteiger partial charge in [0.15, 0.2) is 11.5 Å². The van der Waals surface area contributed by atoms with E-state index in [9.17, 15) is 9.90 Å². The Morgan fingerprint density at radius 1 is 1.28 bits per heavy atom. The highest BCUT2D eigenvalue weighted by atomic mass is 35.5. The van der Waals surface area contributed by atoms with Crippen LogP contribution in [-0.4, -0.2) is 24.7 Å². The van der Waals surface area contributed by atoms with Gasteiger partial charge in [0.25, 0.3) is 5.91 Å². The molecule has 0 atom stereocenters.